The standard InChI is InChI=1S/C28H24NS.C18H12NO.Ir/c1-28(2,3)21-12-13-26-24(18-21)22-10-7-11-23(27(22)30-26)25-17-20(14-15-29-25)16-19-8-5-4-6-9-19;1-12-9-10-16(19-11-12)15-7-4-6-14-13-5-2-3-8-17(13)20-18(14)15;/h4-10,12-15,17-18H,16H2,1-3H3;2-6,8-11H,1H3;/q2*-1;/i16D2;1D3;. The molecule has 5 aromatic carbocycles. The van der Waals surface area contributed by atoms with Crippen molar-refractivity contribution in [1.82, 2.24) is 9.97 Å². The van der Waals surface area contributed by atoms with Gasteiger partial charge in [0, 0.05) is 49.4 Å². The van der Waals surface area contributed by atoms with Crippen LogP contribution < -0.4 is 0 Å². The first kappa shape index (κ1) is 28.7. The molecule has 0 unspecified atom stereocenters. The number of aromatic nitrogens is 2. The first-order valence-corrected chi connectivity index (χ1v) is 17.3. The molecule has 9 rings (SSSR count). The zero-order valence-corrected chi connectivity index (χ0v) is 31.5. The molecule has 0 atom stereocenters. The van der Waals surface area contributed by atoms with Crippen molar-refractivity contribution < 1.29 is 31.4 Å². The van der Waals surface area contributed by atoms with E-state index in [4.69, 9.17) is 11.3 Å². The number of nitrogens with zero attached hydrogens (tertiary/aromatic N) is 2. The molecule has 3 nitrogen and oxygen atoms in total. The van der Waals surface area contributed by atoms with Crippen LogP contribution in [0.15, 0.2) is 138 Å². The van der Waals surface area contributed by atoms with E-state index >= 15 is 0 Å². The maximum Gasteiger partial charge on any atom is 0.120 e. The number of hydrogen-bond donors (Lipinski definition) is 0. The zero-order valence-electron chi connectivity index (χ0n) is 33.2. The van der Waals surface area contributed by atoms with Gasteiger partial charge < -0.3 is 14.4 Å². The fraction of sp³-hybridized carbons (Fsp3) is 0.130. The van der Waals surface area contributed by atoms with Crippen molar-refractivity contribution >= 4 is 53.4 Å². The molecule has 51 heavy (non-hydrogen) atoms. The first-order chi connectivity index (χ1) is 26.3. The molecular weight excluding hydrogens is 821 g/mol. The van der Waals surface area contributed by atoms with E-state index in [-0.39, 0.29) is 31.1 Å². The topological polar surface area (TPSA) is 38.9 Å². The summed E-state index contributed by atoms with van der Waals surface area (Å²) in [6.07, 6.45) is 1.48. The Kier molecular flexibility index (Phi) is 8.09. The Morgan fingerprint density at radius 1 is 0.725 bits per heavy atom. The van der Waals surface area contributed by atoms with Gasteiger partial charge in [-0.1, -0.05) is 116 Å². The number of rotatable bonds is 4. The quantitative estimate of drug-likeness (QED) is 0.166. The third-order valence-corrected chi connectivity index (χ3v) is 9.94. The number of para-hydroxylation sites is 1. The van der Waals surface area contributed by atoms with E-state index in [9.17, 15) is 0 Å². The predicted octanol–water partition coefficient (Wildman–Crippen LogP) is 12.6. The molecule has 253 valence electrons. The normalized spacial score (nSPS) is 13.4. The van der Waals surface area contributed by atoms with Crippen molar-refractivity contribution in [2.24, 2.45) is 0 Å². The summed E-state index contributed by atoms with van der Waals surface area (Å²) in [5, 5.41) is 4.49. The molecule has 0 saturated heterocycles. The molecule has 0 N–H and O–H groups in total. The van der Waals surface area contributed by atoms with E-state index in [1.807, 2.05) is 78.9 Å². The summed E-state index contributed by atoms with van der Waals surface area (Å²) in [5.74, 6) is 0. The SMILES string of the molecule is [2H]C([2H])([2H])c1ccc(-c2[c-]ccc3c2oc2ccccc23)nc1.[2H]C([2H])(c1ccccc1)c1ccnc(-c2[c-]ccc3c2sc2ccc(C(C)(C)C)cc23)c1.[Ir]. The Bertz CT molecular complexity index is 2820. The number of hydrogen-bond acceptors (Lipinski definition) is 4. The molecule has 1 radical (unpaired) electrons. The Hall–Kier alpha value is -4.93. The van der Waals surface area contributed by atoms with E-state index in [2.05, 4.69) is 67.1 Å². The van der Waals surface area contributed by atoms with Crippen LogP contribution in [0.4, 0.5) is 0 Å². The average molecular weight is 862 g/mol. The van der Waals surface area contributed by atoms with Gasteiger partial charge in [-0.3, -0.25) is 0 Å². The van der Waals surface area contributed by atoms with Crippen molar-refractivity contribution in [2.75, 3.05) is 0 Å². The number of fused-ring (bicyclic) bond motifs is 6. The molecule has 0 aliphatic carbocycles. The van der Waals surface area contributed by atoms with Gasteiger partial charge in [0.1, 0.15) is 5.58 Å². The third kappa shape index (κ3) is 7.03. The summed E-state index contributed by atoms with van der Waals surface area (Å²) >= 11 is 1.75. The van der Waals surface area contributed by atoms with Gasteiger partial charge in [-0.05, 0) is 80.6 Å². The molecule has 0 saturated carbocycles. The van der Waals surface area contributed by atoms with Crippen molar-refractivity contribution in [3.05, 3.63) is 168 Å². The largest absolute Gasteiger partial charge is 0.501 e. The Morgan fingerprint density at radius 2 is 1.51 bits per heavy atom. The fourth-order valence-electron chi connectivity index (χ4n) is 6.15. The minimum absolute atomic E-state index is 0. The molecule has 0 bridgehead atoms. The van der Waals surface area contributed by atoms with Gasteiger partial charge >= 0.3 is 0 Å². The summed E-state index contributed by atoms with van der Waals surface area (Å²) in [6.45, 7) is 4.55. The summed E-state index contributed by atoms with van der Waals surface area (Å²) in [6, 6.07) is 45.1. The van der Waals surface area contributed by atoms with Crippen molar-refractivity contribution in [1.29, 1.82) is 0 Å². The molecule has 5 heteroatoms. The second kappa shape index (κ2) is 14.4. The van der Waals surface area contributed by atoms with Crippen LogP contribution in [0.5, 0.6) is 0 Å². The molecule has 0 aliphatic rings. The molecule has 4 aromatic heterocycles. The molecule has 0 spiro atoms. The van der Waals surface area contributed by atoms with E-state index in [1.165, 1.54) is 27.2 Å². The molecule has 4 heterocycles. The maximum atomic E-state index is 8.73. The molecule has 9 aromatic rings. The van der Waals surface area contributed by atoms with Crippen LogP contribution in [0.3, 0.4) is 0 Å². The van der Waals surface area contributed by atoms with Gasteiger partial charge in [0.15, 0.2) is 0 Å². The van der Waals surface area contributed by atoms with Gasteiger partial charge in [0.25, 0.3) is 0 Å². The fourth-order valence-corrected chi connectivity index (χ4v) is 7.34. The maximum absolute atomic E-state index is 8.73. The monoisotopic (exact) mass is 862 g/mol. The second-order valence-electron chi connectivity index (χ2n) is 13.2. The van der Waals surface area contributed by atoms with E-state index in [0.717, 1.165) is 37.9 Å². The van der Waals surface area contributed by atoms with Crippen molar-refractivity contribution in [3.8, 4) is 22.5 Å². The van der Waals surface area contributed by atoms with Gasteiger partial charge in [-0.2, -0.15) is 11.3 Å². The minimum atomic E-state index is -2.15. The summed E-state index contributed by atoms with van der Waals surface area (Å²) in [7, 11) is 0. The Balaban J connectivity index is 0.000000177. The number of pyridine rings is 2. The van der Waals surface area contributed by atoms with E-state index in [1.54, 1.807) is 35.7 Å². The third-order valence-electron chi connectivity index (χ3n) is 8.73. The molecule has 0 fully saturated rings. The van der Waals surface area contributed by atoms with Crippen LogP contribution in [0.1, 0.15) is 49.9 Å². The number of furan rings is 1. The number of benzene rings is 5. The molecule has 0 amide bonds. The average Bonchev–Trinajstić information content (AvgIpc) is 3.76. The van der Waals surface area contributed by atoms with Crippen molar-refractivity contribution in [3.63, 3.8) is 0 Å². The molecule has 0 aliphatic heterocycles. The van der Waals surface area contributed by atoms with Crippen LogP contribution >= 0.6 is 11.3 Å². The van der Waals surface area contributed by atoms with Crippen LogP contribution in [0.25, 0.3) is 64.6 Å². The van der Waals surface area contributed by atoms with Crippen LogP contribution in [-0.4, -0.2) is 9.97 Å². The van der Waals surface area contributed by atoms with Gasteiger partial charge in [-0.15, -0.1) is 42.0 Å². The van der Waals surface area contributed by atoms with Crippen LogP contribution in [-0.2, 0) is 31.9 Å². The summed E-state index contributed by atoms with van der Waals surface area (Å²) in [4.78, 5) is 8.89. The van der Waals surface area contributed by atoms with Gasteiger partial charge in [0.05, 0.1) is 5.58 Å². The summed E-state index contributed by atoms with van der Waals surface area (Å²) in [5.41, 5.74) is 7.41. The Morgan fingerprint density at radius 3 is 2.29 bits per heavy atom. The van der Waals surface area contributed by atoms with Crippen LogP contribution in [0, 0.1) is 19.0 Å². The smallest absolute Gasteiger partial charge is 0.120 e. The number of thiophene rings is 1. The minimum Gasteiger partial charge on any atom is -0.501 e. The molecular formula is C46H36IrN2OS-2. The first-order valence-electron chi connectivity index (χ1n) is 19.0. The summed E-state index contributed by atoms with van der Waals surface area (Å²) < 4.78 is 48.1. The van der Waals surface area contributed by atoms with Gasteiger partial charge in [0.2, 0.25) is 0 Å². The van der Waals surface area contributed by atoms with Gasteiger partial charge in [-0.25, -0.2) is 0 Å². The predicted molar refractivity (Wildman–Crippen MR) is 210 cm³/mol. The van der Waals surface area contributed by atoms with E-state index < -0.39 is 13.2 Å². The second-order valence-corrected chi connectivity index (χ2v) is 14.3. The van der Waals surface area contributed by atoms with Crippen LogP contribution in [0.2, 0.25) is 0 Å². The Labute approximate surface area is 323 Å². The van der Waals surface area contributed by atoms with E-state index in [0.29, 0.717) is 22.4 Å². The van der Waals surface area contributed by atoms with Crippen molar-refractivity contribution in [2.45, 2.75) is 39.4 Å². The number of aryl methyl sites for hydroxylation is 1. The zero-order chi connectivity index (χ0) is 38.5.